The van der Waals surface area contributed by atoms with Crippen LogP contribution >= 0.6 is 23.4 Å². The summed E-state index contributed by atoms with van der Waals surface area (Å²) in [5, 5.41) is 15.1. The molecule has 1 atom stereocenters. The Morgan fingerprint density at radius 1 is 0.878 bits per heavy atom. The first kappa shape index (κ1) is 32.4. The number of anilines is 1. The monoisotopic (exact) mass is 578 g/mol. The van der Waals surface area contributed by atoms with E-state index in [-0.39, 0.29) is 18.9 Å². The number of hydrogen-bond acceptors (Lipinski definition) is 5. The van der Waals surface area contributed by atoms with Crippen LogP contribution in [0.1, 0.15) is 33.5 Å². The summed E-state index contributed by atoms with van der Waals surface area (Å²) in [4.78, 5) is 27.4. The summed E-state index contributed by atoms with van der Waals surface area (Å²) in [6, 6.07) is 30.6. The molecule has 0 aliphatic heterocycles. The van der Waals surface area contributed by atoms with E-state index in [4.69, 9.17) is 11.6 Å². The maximum Gasteiger partial charge on any atom is 1.00 e. The summed E-state index contributed by atoms with van der Waals surface area (Å²) >= 11 is 7.64. The molecule has 41 heavy (non-hydrogen) atoms. The van der Waals surface area contributed by atoms with E-state index < -0.39 is 17.9 Å². The van der Waals surface area contributed by atoms with Crippen LogP contribution in [-0.4, -0.2) is 29.9 Å². The Bertz CT molecular complexity index is 1450. The number of halogens is 1. The molecule has 5 nitrogen and oxygen atoms in total. The van der Waals surface area contributed by atoms with Gasteiger partial charge in [-0.05, 0) is 89.6 Å². The summed E-state index contributed by atoms with van der Waals surface area (Å²) in [5.74, 6) is -1.11. The third-order valence-corrected chi connectivity index (χ3v) is 7.64. The zero-order valence-electron chi connectivity index (χ0n) is 23.6. The van der Waals surface area contributed by atoms with Crippen LogP contribution < -0.4 is 34.2 Å². The van der Waals surface area contributed by atoms with Crippen molar-refractivity contribution in [1.82, 2.24) is 5.32 Å². The third-order valence-electron chi connectivity index (χ3n) is 6.75. The van der Waals surface area contributed by atoms with Crippen molar-refractivity contribution >= 4 is 40.9 Å². The zero-order valence-corrected chi connectivity index (χ0v) is 25.2. The molecule has 0 aliphatic rings. The minimum absolute atomic E-state index is 0. The first-order valence-corrected chi connectivity index (χ1v) is 14.9. The SMILES string of the molecule is CSCC[C@H](NC(=O)c1ccc(CN(Cc2ccc(Cl)cc2)c2ccccc2)cc1-c1ccccc1C)C(=O)[O-].[Li+]. The van der Waals surface area contributed by atoms with E-state index in [0.29, 0.717) is 35.8 Å². The summed E-state index contributed by atoms with van der Waals surface area (Å²) in [7, 11) is 0. The van der Waals surface area contributed by atoms with Gasteiger partial charge in [-0.25, -0.2) is 0 Å². The molecule has 206 valence electrons. The maximum absolute atomic E-state index is 13.4. The summed E-state index contributed by atoms with van der Waals surface area (Å²) < 4.78 is 0. The fourth-order valence-corrected chi connectivity index (χ4v) is 5.21. The number of hydrogen-bond donors (Lipinski definition) is 1. The van der Waals surface area contributed by atoms with Gasteiger partial charge in [0.05, 0.1) is 12.0 Å². The van der Waals surface area contributed by atoms with Crippen LogP contribution in [0.25, 0.3) is 11.1 Å². The average Bonchev–Trinajstić information content (AvgIpc) is 2.96. The Balaban J connectivity index is 0.00000462. The molecule has 0 fully saturated rings. The van der Waals surface area contributed by atoms with Gasteiger partial charge in [-0.1, -0.05) is 72.3 Å². The number of aryl methyl sites for hydroxylation is 1. The number of amides is 1. The number of nitrogens with zero attached hydrogens (tertiary/aromatic N) is 1. The molecular weight excluding hydrogens is 547 g/mol. The molecule has 4 aromatic carbocycles. The number of carboxylic acids is 1. The molecule has 0 heterocycles. The Morgan fingerprint density at radius 2 is 1.51 bits per heavy atom. The van der Waals surface area contributed by atoms with Crippen LogP contribution in [-0.2, 0) is 17.9 Å². The van der Waals surface area contributed by atoms with Gasteiger partial charge < -0.3 is 20.1 Å². The number of benzene rings is 4. The summed E-state index contributed by atoms with van der Waals surface area (Å²) in [6.07, 6.45) is 2.19. The molecule has 1 N–H and O–H groups in total. The number of carbonyl (C=O) groups is 2. The molecule has 4 rings (SSSR count). The molecule has 0 saturated heterocycles. The first-order chi connectivity index (χ1) is 19.4. The second-order valence-corrected chi connectivity index (χ2v) is 11.1. The number of carboxylic acid groups (broad SMARTS) is 1. The van der Waals surface area contributed by atoms with E-state index in [9.17, 15) is 14.7 Å². The second kappa shape index (κ2) is 15.7. The summed E-state index contributed by atoms with van der Waals surface area (Å²) in [5.41, 5.74) is 6.35. The Morgan fingerprint density at radius 3 is 2.17 bits per heavy atom. The Kier molecular flexibility index (Phi) is 12.4. The van der Waals surface area contributed by atoms with Crippen LogP contribution in [0.2, 0.25) is 5.02 Å². The van der Waals surface area contributed by atoms with Gasteiger partial charge >= 0.3 is 18.9 Å². The van der Waals surface area contributed by atoms with E-state index in [1.165, 1.54) is 11.8 Å². The van der Waals surface area contributed by atoms with E-state index in [0.717, 1.165) is 33.5 Å². The van der Waals surface area contributed by atoms with Crippen LogP contribution in [0.3, 0.4) is 0 Å². The van der Waals surface area contributed by atoms with Crippen molar-refractivity contribution in [2.75, 3.05) is 16.9 Å². The predicted molar refractivity (Wildman–Crippen MR) is 164 cm³/mol. The molecule has 4 aromatic rings. The largest absolute Gasteiger partial charge is 1.00 e. The molecule has 0 saturated carbocycles. The number of rotatable bonds is 12. The minimum atomic E-state index is -1.28. The fourth-order valence-electron chi connectivity index (χ4n) is 4.61. The van der Waals surface area contributed by atoms with Gasteiger partial charge in [0.25, 0.3) is 5.91 Å². The van der Waals surface area contributed by atoms with Gasteiger partial charge in [0.15, 0.2) is 0 Å². The van der Waals surface area contributed by atoms with Gasteiger partial charge in [0, 0.05) is 29.4 Å². The first-order valence-electron chi connectivity index (χ1n) is 13.1. The van der Waals surface area contributed by atoms with Crippen molar-refractivity contribution < 1.29 is 33.6 Å². The van der Waals surface area contributed by atoms with Crippen LogP contribution in [0.4, 0.5) is 5.69 Å². The van der Waals surface area contributed by atoms with Crippen molar-refractivity contribution in [2.45, 2.75) is 32.5 Å². The van der Waals surface area contributed by atoms with Gasteiger partial charge in [0.1, 0.15) is 0 Å². The van der Waals surface area contributed by atoms with Gasteiger partial charge in [0.2, 0.25) is 0 Å². The predicted octanol–water partition coefficient (Wildman–Crippen LogP) is 3.13. The standard InChI is InChI=1S/C33H33ClN2O3S.Li/c1-23-8-6-7-11-28(23)30-20-25(14-17-29(30)32(37)35-31(33(38)39)18-19-40-2)22-36(27-9-4-3-5-10-27)21-24-12-15-26(34)16-13-24;/h3-17,20,31H,18-19,21-22H2,1-2H3,(H,35,37)(H,38,39);/q;+1/p-1/t31-;/m0./s1. The normalized spacial score (nSPS) is 11.3. The molecule has 0 radical (unpaired) electrons. The van der Waals surface area contributed by atoms with Crippen molar-refractivity contribution in [3.05, 3.63) is 124 Å². The average molecular weight is 579 g/mol. The quantitative estimate of drug-likeness (QED) is 0.262. The van der Waals surface area contributed by atoms with Crippen LogP contribution in [0.5, 0.6) is 0 Å². The second-order valence-electron chi connectivity index (χ2n) is 9.64. The summed E-state index contributed by atoms with van der Waals surface area (Å²) in [6.45, 7) is 3.28. The van der Waals surface area contributed by atoms with Crippen molar-refractivity contribution in [1.29, 1.82) is 0 Å². The topological polar surface area (TPSA) is 72.5 Å². The van der Waals surface area contributed by atoms with Gasteiger partial charge in [-0.15, -0.1) is 0 Å². The van der Waals surface area contributed by atoms with E-state index in [1.54, 1.807) is 6.07 Å². The fraction of sp³-hybridized carbons (Fsp3) is 0.212. The molecule has 0 unspecified atom stereocenters. The molecule has 8 heteroatoms. The van der Waals surface area contributed by atoms with Crippen molar-refractivity contribution in [3.63, 3.8) is 0 Å². The number of aliphatic carboxylic acids is 1. The van der Waals surface area contributed by atoms with E-state index >= 15 is 0 Å². The molecule has 0 bridgehead atoms. The Labute approximate surface area is 263 Å². The zero-order chi connectivity index (χ0) is 28.5. The number of para-hydroxylation sites is 1. The molecular formula is C33H32ClLiN2O3S. The van der Waals surface area contributed by atoms with E-state index in [2.05, 4.69) is 22.3 Å². The minimum Gasteiger partial charge on any atom is -0.548 e. The third kappa shape index (κ3) is 8.92. The molecule has 1 amide bonds. The molecule has 0 aliphatic carbocycles. The molecule has 0 aromatic heterocycles. The molecule has 0 spiro atoms. The maximum atomic E-state index is 13.4. The van der Waals surface area contributed by atoms with Crippen LogP contribution in [0.15, 0.2) is 97.1 Å². The van der Waals surface area contributed by atoms with Gasteiger partial charge in [-0.2, -0.15) is 11.8 Å². The van der Waals surface area contributed by atoms with E-state index in [1.807, 2.05) is 92.0 Å². The smallest absolute Gasteiger partial charge is 0.548 e. The Hall–Kier alpha value is -3.14. The van der Waals surface area contributed by atoms with Crippen LogP contribution in [0, 0.1) is 6.92 Å². The van der Waals surface area contributed by atoms with Crippen molar-refractivity contribution in [2.24, 2.45) is 0 Å². The number of carbonyl (C=O) groups excluding carboxylic acids is 2. The number of thioether (sulfide) groups is 1. The number of nitrogens with one attached hydrogen (secondary N) is 1. The van der Waals surface area contributed by atoms with Gasteiger partial charge in [-0.3, -0.25) is 4.79 Å². The van der Waals surface area contributed by atoms with Crippen molar-refractivity contribution in [3.8, 4) is 11.1 Å².